The van der Waals surface area contributed by atoms with Crippen molar-refractivity contribution >= 4 is 0 Å². The summed E-state index contributed by atoms with van der Waals surface area (Å²) in [7, 11) is 0. The molecule has 48 valence electrons. The lowest BCUT2D eigenvalue weighted by Gasteiger charge is -2.17. The Kier molecular flexibility index (Phi) is 0.404. The highest BCUT2D eigenvalue weighted by atomic mass is 17.1. The van der Waals surface area contributed by atoms with Gasteiger partial charge in [-0.15, -0.1) is 0 Å². The molecule has 1 rings (SSSR count). The van der Waals surface area contributed by atoms with Crippen LogP contribution in [0.2, 0.25) is 0 Å². The van der Waals surface area contributed by atoms with E-state index < -0.39 is 37.9 Å². The van der Waals surface area contributed by atoms with Gasteiger partial charge in [-0.05, 0) is 12.7 Å². The maximum Gasteiger partial charge on any atom is 0.0927 e. The van der Waals surface area contributed by atoms with Gasteiger partial charge in [0.05, 0.1) is 7.45 Å². The van der Waals surface area contributed by atoms with Gasteiger partial charge in [0.1, 0.15) is 0 Å². The van der Waals surface area contributed by atoms with E-state index in [1.807, 2.05) is 0 Å². The molecule has 0 saturated heterocycles. The number of hydrogen-bond donors (Lipinski definition) is 1. The zero-order valence-electron chi connectivity index (χ0n) is 14.9. The molecule has 0 unspecified atom stereocenters. The van der Waals surface area contributed by atoms with Crippen LogP contribution in [-0.4, -0.2) is 11.3 Å². The second kappa shape index (κ2) is 3.05. The first-order valence-electron chi connectivity index (χ1n) is 7.39. The van der Waals surface area contributed by atoms with Gasteiger partial charge in [-0.3, -0.25) is 5.26 Å². The predicted octanol–water partition coefficient (Wildman–Crippen LogP) is 1.81. The van der Waals surface area contributed by atoms with Crippen LogP contribution in [0, 0.1) is 0 Å². The fourth-order valence-corrected chi connectivity index (χ4v) is 0.284. The van der Waals surface area contributed by atoms with Crippen LogP contribution in [0.1, 0.15) is 46.9 Å². The van der Waals surface area contributed by atoms with Crippen LogP contribution in [0.25, 0.3) is 0 Å². The van der Waals surface area contributed by atoms with E-state index in [0.29, 0.717) is 0 Å². The smallest absolute Gasteiger partial charge is 0.0927 e. The van der Waals surface area contributed by atoms with E-state index in [9.17, 15) is 0 Å². The molecule has 0 bridgehead atoms. The Hall–Kier alpha value is -0.0800. The van der Waals surface area contributed by atoms with Crippen LogP contribution in [0.5, 0.6) is 0 Å². The quantitative estimate of drug-likeness (QED) is 0.430. The summed E-state index contributed by atoms with van der Waals surface area (Å²) in [5.74, 6) is 0. The van der Waals surface area contributed by atoms with Crippen LogP contribution in [0.3, 0.4) is 0 Å². The van der Waals surface area contributed by atoms with Crippen molar-refractivity contribution in [1.29, 1.82) is 0 Å². The molecule has 2 nitrogen and oxygen atoms in total. The van der Waals surface area contributed by atoms with Crippen molar-refractivity contribution in [2.75, 3.05) is 0 Å². The summed E-state index contributed by atoms with van der Waals surface area (Å²) in [6, 6.07) is 0. The normalized spacial score (nSPS) is 79.4. The van der Waals surface area contributed by atoms with Crippen molar-refractivity contribution in [2.24, 2.45) is 0 Å². The van der Waals surface area contributed by atoms with Crippen LogP contribution >= 0.6 is 0 Å². The molecule has 2 heteroatoms. The van der Waals surface area contributed by atoms with E-state index in [4.69, 9.17) is 20.3 Å². The molecule has 0 aliphatic heterocycles. The van der Waals surface area contributed by atoms with Gasteiger partial charge in [0.15, 0.2) is 0 Å². The molecule has 0 aromatic heterocycles. The summed E-state index contributed by atoms with van der Waals surface area (Å²) in [5, 5.41) is 8.63. The van der Waals surface area contributed by atoms with Crippen molar-refractivity contribution in [3.8, 4) is 0 Å². The largest absolute Gasteiger partial charge is 0.252 e. The average Bonchev–Trinajstić information content (AvgIpc) is 2.24. The third-order valence-electron chi connectivity index (χ3n) is 0.568. The fraction of sp³-hybridized carbons (Fsp3) is 1.00. The Morgan fingerprint density at radius 1 is 1.50 bits per heavy atom. The molecule has 0 atom stereocenters. The molecular weight excluding hydrogens is 104 g/mol. The van der Waals surface area contributed by atoms with Crippen molar-refractivity contribution in [3.63, 3.8) is 0 Å². The lowest BCUT2D eigenvalue weighted by Crippen LogP contribution is -2.14. The van der Waals surface area contributed by atoms with Gasteiger partial charge >= 0.3 is 0 Å². The summed E-state index contributed by atoms with van der Waals surface area (Å²) in [6.45, 7) is 0. The van der Waals surface area contributed by atoms with Crippen molar-refractivity contribution < 1.29 is 25.2 Å². The maximum atomic E-state index is 8.63. The molecule has 0 aromatic carbocycles. The Bertz CT molecular complexity index is 359. The minimum absolute atomic E-state index is 3.44. The fourth-order valence-electron chi connectivity index (χ4n) is 0.284. The molecule has 1 N–H and O–H groups in total. The molecular formula is C6H12O2. The minimum atomic E-state index is -3.68. The number of hydrogen-bond acceptors (Lipinski definition) is 2. The van der Waals surface area contributed by atoms with Crippen LogP contribution < -0.4 is 0 Å². The summed E-state index contributed by atoms with van der Waals surface area (Å²) in [5.41, 5.74) is 0. The third-order valence-corrected chi connectivity index (χ3v) is 0.568. The number of rotatable bonds is 1. The standard InChI is InChI=1S/C6H12O2/c7-8-6-4-2-1-3-5-6/h6-7H,1-5H2/i1D2,2D2,3D2,4D2,5D2,6D. The van der Waals surface area contributed by atoms with Gasteiger partial charge < -0.3 is 0 Å². The van der Waals surface area contributed by atoms with Gasteiger partial charge in [0.2, 0.25) is 0 Å². The van der Waals surface area contributed by atoms with Gasteiger partial charge in [-0.2, -0.15) is 0 Å². The molecule has 0 radical (unpaired) electrons. The Morgan fingerprint density at radius 3 is 2.62 bits per heavy atom. The zero-order chi connectivity index (χ0) is 15.7. The predicted molar refractivity (Wildman–Crippen MR) is 30.6 cm³/mol. The van der Waals surface area contributed by atoms with Gasteiger partial charge in [-0.1, -0.05) is 19.1 Å². The second-order valence-electron chi connectivity index (χ2n) is 1.05. The average molecular weight is 127 g/mol. The summed E-state index contributed by atoms with van der Waals surface area (Å²) < 4.78 is 81.8. The molecule has 1 aliphatic rings. The van der Waals surface area contributed by atoms with E-state index in [1.54, 1.807) is 0 Å². The molecule has 1 saturated carbocycles. The Morgan fingerprint density at radius 2 is 2.12 bits per heavy atom. The van der Waals surface area contributed by atoms with Crippen LogP contribution in [0.4, 0.5) is 0 Å². The van der Waals surface area contributed by atoms with Crippen LogP contribution in [-0.2, 0) is 4.89 Å². The van der Waals surface area contributed by atoms with Gasteiger partial charge in [0.25, 0.3) is 0 Å². The van der Waals surface area contributed by atoms with Gasteiger partial charge in [0, 0.05) is 13.7 Å². The lowest BCUT2D eigenvalue weighted by atomic mass is 9.98. The zero-order valence-corrected chi connectivity index (χ0v) is 3.86. The molecule has 0 heterocycles. The molecule has 0 spiro atoms. The van der Waals surface area contributed by atoms with Crippen LogP contribution in [0.15, 0.2) is 0 Å². The van der Waals surface area contributed by atoms with E-state index in [2.05, 4.69) is 4.89 Å². The van der Waals surface area contributed by atoms with E-state index in [0.717, 1.165) is 0 Å². The Balaban J connectivity index is 3.76. The van der Waals surface area contributed by atoms with Crippen molar-refractivity contribution in [3.05, 3.63) is 0 Å². The summed E-state index contributed by atoms with van der Waals surface area (Å²) in [4.78, 5) is 3.44. The van der Waals surface area contributed by atoms with E-state index in [-0.39, 0.29) is 0 Å². The second-order valence-corrected chi connectivity index (χ2v) is 1.05. The SMILES string of the molecule is [2H]C1([2H])C([2H])([2H])C([2H])([2H])C([2H])(OO)C([2H])([2H])C1([2H])[2H]. The summed E-state index contributed by atoms with van der Waals surface area (Å²) >= 11 is 0. The highest BCUT2D eigenvalue weighted by Gasteiger charge is 2.12. The highest BCUT2D eigenvalue weighted by molar-refractivity contribution is 4.62. The lowest BCUT2D eigenvalue weighted by molar-refractivity contribution is -0.283. The molecule has 1 aliphatic carbocycles. The van der Waals surface area contributed by atoms with E-state index in [1.165, 1.54) is 0 Å². The molecule has 0 aromatic rings. The molecule has 8 heavy (non-hydrogen) atoms. The molecule has 1 fully saturated rings. The van der Waals surface area contributed by atoms with Gasteiger partial charge in [-0.25, -0.2) is 4.89 Å². The first-order chi connectivity index (χ1) is 8.06. The van der Waals surface area contributed by atoms with Crippen molar-refractivity contribution in [1.82, 2.24) is 0 Å². The van der Waals surface area contributed by atoms with E-state index >= 15 is 0 Å². The third kappa shape index (κ3) is 1.46. The topological polar surface area (TPSA) is 29.5 Å². The monoisotopic (exact) mass is 127 g/mol. The maximum absolute atomic E-state index is 8.63. The first kappa shape index (κ1) is 1.06. The first-order valence-corrected chi connectivity index (χ1v) is 1.89. The molecule has 0 amide bonds. The minimum Gasteiger partial charge on any atom is -0.252 e. The summed E-state index contributed by atoms with van der Waals surface area (Å²) in [6.07, 6.45) is -21.9. The Labute approximate surface area is 64.8 Å². The van der Waals surface area contributed by atoms with Crippen molar-refractivity contribution in [2.45, 2.75) is 37.9 Å². The highest BCUT2D eigenvalue weighted by Crippen LogP contribution is 2.18.